The third-order valence-electron chi connectivity index (χ3n) is 4.04. The molecule has 1 heterocycles. The molecule has 1 fully saturated rings. The second-order valence-corrected chi connectivity index (χ2v) is 6.96. The van der Waals surface area contributed by atoms with E-state index in [2.05, 4.69) is 55.0 Å². The first-order chi connectivity index (χ1) is 9.48. The predicted octanol–water partition coefficient (Wildman–Crippen LogP) is 3.60. The van der Waals surface area contributed by atoms with Gasteiger partial charge in [0.05, 0.1) is 0 Å². The quantitative estimate of drug-likeness (QED) is 0.860. The van der Waals surface area contributed by atoms with Crippen LogP contribution in [0.3, 0.4) is 0 Å². The first-order valence-corrected chi connectivity index (χ1v) is 7.93. The lowest BCUT2D eigenvalue weighted by Crippen LogP contribution is -2.35. The second-order valence-electron chi connectivity index (χ2n) is 6.96. The van der Waals surface area contributed by atoms with Crippen molar-refractivity contribution in [2.45, 2.75) is 59.0 Å². The second kappa shape index (κ2) is 6.57. The standard InChI is InChI=1S/C17H29N3/c1-5-20(13-14-7-6-8-14)16-10-9-15(11-18-16)12-19-17(2,3)4/h9-11,14,19H,5-8,12-13H2,1-4H3. The van der Waals surface area contributed by atoms with Crippen LogP contribution in [0.4, 0.5) is 5.82 Å². The number of aromatic nitrogens is 1. The highest BCUT2D eigenvalue weighted by Crippen LogP contribution is 2.28. The van der Waals surface area contributed by atoms with E-state index in [4.69, 9.17) is 0 Å². The molecule has 0 spiro atoms. The Morgan fingerprint density at radius 2 is 2.05 bits per heavy atom. The highest BCUT2D eigenvalue weighted by molar-refractivity contribution is 5.39. The van der Waals surface area contributed by atoms with Crippen molar-refractivity contribution in [3.8, 4) is 0 Å². The first kappa shape index (κ1) is 15.3. The zero-order valence-corrected chi connectivity index (χ0v) is 13.4. The van der Waals surface area contributed by atoms with Gasteiger partial charge in [-0.15, -0.1) is 0 Å². The van der Waals surface area contributed by atoms with Gasteiger partial charge in [-0.2, -0.15) is 0 Å². The predicted molar refractivity (Wildman–Crippen MR) is 86.1 cm³/mol. The molecule has 20 heavy (non-hydrogen) atoms. The summed E-state index contributed by atoms with van der Waals surface area (Å²) in [6, 6.07) is 4.37. The van der Waals surface area contributed by atoms with Gasteiger partial charge in [-0.05, 0) is 58.1 Å². The molecule has 1 aromatic heterocycles. The van der Waals surface area contributed by atoms with Gasteiger partial charge in [0.15, 0.2) is 0 Å². The Morgan fingerprint density at radius 3 is 2.50 bits per heavy atom. The molecule has 0 aliphatic heterocycles. The molecule has 3 nitrogen and oxygen atoms in total. The van der Waals surface area contributed by atoms with E-state index >= 15 is 0 Å². The summed E-state index contributed by atoms with van der Waals surface area (Å²) in [6.45, 7) is 11.9. The fraction of sp³-hybridized carbons (Fsp3) is 0.706. The van der Waals surface area contributed by atoms with Gasteiger partial charge >= 0.3 is 0 Å². The van der Waals surface area contributed by atoms with Crippen LogP contribution in [-0.4, -0.2) is 23.6 Å². The third-order valence-corrected chi connectivity index (χ3v) is 4.04. The molecule has 1 saturated carbocycles. The van der Waals surface area contributed by atoms with Crippen molar-refractivity contribution in [2.24, 2.45) is 5.92 Å². The van der Waals surface area contributed by atoms with Gasteiger partial charge in [-0.1, -0.05) is 12.5 Å². The Balaban J connectivity index is 1.91. The zero-order valence-electron chi connectivity index (χ0n) is 13.4. The maximum atomic E-state index is 4.65. The molecule has 3 heteroatoms. The maximum absolute atomic E-state index is 4.65. The summed E-state index contributed by atoms with van der Waals surface area (Å²) in [4.78, 5) is 7.06. The smallest absolute Gasteiger partial charge is 0.128 e. The lowest BCUT2D eigenvalue weighted by molar-refractivity contribution is 0.318. The number of hydrogen-bond donors (Lipinski definition) is 1. The van der Waals surface area contributed by atoms with E-state index in [-0.39, 0.29) is 5.54 Å². The molecule has 0 bridgehead atoms. The van der Waals surface area contributed by atoms with Gasteiger partial charge < -0.3 is 10.2 Å². The van der Waals surface area contributed by atoms with Gasteiger partial charge in [-0.25, -0.2) is 4.98 Å². The molecule has 1 N–H and O–H groups in total. The van der Waals surface area contributed by atoms with Crippen molar-refractivity contribution in [3.63, 3.8) is 0 Å². The SMILES string of the molecule is CCN(CC1CCC1)c1ccc(CNC(C)(C)C)cn1. The van der Waals surface area contributed by atoms with E-state index in [9.17, 15) is 0 Å². The van der Waals surface area contributed by atoms with Crippen molar-refractivity contribution in [1.82, 2.24) is 10.3 Å². The summed E-state index contributed by atoms with van der Waals surface area (Å²) in [5.74, 6) is 2.01. The highest BCUT2D eigenvalue weighted by atomic mass is 15.2. The summed E-state index contributed by atoms with van der Waals surface area (Å²) >= 11 is 0. The molecule has 1 aliphatic carbocycles. The van der Waals surface area contributed by atoms with Crippen LogP contribution in [0.2, 0.25) is 0 Å². The van der Waals surface area contributed by atoms with E-state index in [0.717, 1.165) is 24.8 Å². The summed E-state index contributed by atoms with van der Waals surface area (Å²) in [7, 11) is 0. The minimum Gasteiger partial charge on any atom is -0.357 e. The van der Waals surface area contributed by atoms with E-state index < -0.39 is 0 Å². The van der Waals surface area contributed by atoms with Crippen LogP contribution in [0.15, 0.2) is 18.3 Å². The average Bonchev–Trinajstić information content (AvgIpc) is 2.35. The fourth-order valence-corrected chi connectivity index (χ4v) is 2.45. The highest BCUT2D eigenvalue weighted by Gasteiger charge is 2.20. The maximum Gasteiger partial charge on any atom is 0.128 e. The van der Waals surface area contributed by atoms with Gasteiger partial charge in [0.25, 0.3) is 0 Å². The normalized spacial score (nSPS) is 16.0. The number of nitrogens with zero attached hydrogens (tertiary/aromatic N) is 2. The molecule has 1 aromatic rings. The zero-order chi connectivity index (χ0) is 14.6. The minimum atomic E-state index is 0.151. The Morgan fingerprint density at radius 1 is 1.30 bits per heavy atom. The van der Waals surface area contributed by atoms with Crippen molar-refractivity contribution < 1.29 is 0 Å². The molecule has 112 valence electrons. The number of hydrogen-bond acceptors (Lipinski definition) is 3. The van der Waals surface area contributed by atoms with Crippen LogP contribution in [0.1, 0.15) is 52.5 Å². The van der Waals surface area contributed by atoms with Crippen LogP contribution in [0.5, 0.6) is 0 Å². The van der Waals surface area contributed by atoms with Crippen LogP contribution < -0.4 is 10.2 Å². The van der Waals surface area contributed by atoms with E-state index in [0.29, 0.717) is 0 Å². The lowest BCUT2D eigenvalue weighted by atomic mass is 9.85. The molecule has 0 radical (unpaired) electrons. The number of anilines is 1. The van der Waals surface area contributed by atoms with Gasteiger partial charge in [0, 0.05) is 31.4 Å². The largest absolute Gasteiger partial charge is 0.357 e. The van der Waals surface area contributed by atoms with Crippen LogP contribution in [0.25, 0.3) is 0 Å². The summed E-state index contributed by atoms with van der Waals surface area (Å²) < 4.78 is 0. The Hall–Kier alpha value is -1.09. The van der Waals surface area contributed by atoms with Crippen LogP contribution >= 0.6 is 0 Å². The van der Waals surface area contributed by atoms with Gasteiger partial charge in [0.1, 0.15) is 5.82 Å². The summed E-state index contributed by atoms with van der Waals surface area (Å²) in [5.41, 5.74) is 1.40. The Kier molecular flexibility index (Phi) is 5.03. The molecule has 0 aromatic carbocycles. The minimum absolute atomic E-state index is 0.151. The number of rotatable bonds is 6. The van der Waals surface area contributed by atoms with Gasteiger partial charge in [0.2, 0.25) is 0 Å². The fourth-order valence-electron chi connectivity index (χ4n) is 2.45. The van der Waals surface area contributed by atoms with Crippen molar-refractivity contribution in [3.05, 3.63) is 23.9 Å². The van der Waals surface area contributed by atoms with E-state index in [1.165, 1.54) is 31.4 Å². The van der Waals surface area contributed by atoms with Gasteiger partial charge in [-0.3, -0.25) is 0 Å². The molecule has 0 unspecified atom stereocenters. The lowest BCUT2D eigenvalue weighted by Gasteiger charge is -2.32. The molecular formula is C17H29N3. The average molecular weight is 275 g/mol. The van der Waals surface area contributed by atoms with Crippen molar-refractivity contribution >= 4 is 5.82 Å². The Bertz CT molecular complexity index is 401. The molecule has 1 aliphatic rings. The first-order valence-electron chi connectivity index (χ1n) is 7.93. The molecule has 0 amide bonds. The number of pyridine rings is 1. The molecular weight excluding hydrogens is 246 g/mol. The molecule has 2 rings (SSSR count). The Labute approximate surface area is 123 Å². The third kappa shape index (κ3) is 4.48. The van der Waals surface area contributed by atoms with Crippen LogP contribution in [0, 0.1) is 5.92 Å². The monoisotopic (exact) mass is 275 g/mol. The molecule has 0 saturated heterocycles. The van der Waals surface area contributed by atoms with Crippen molar-refractivity contribution in [2.75, 3.05) is 18.0 Å². The summed E-state index contributed by atoms with van der Waals surface area (Å²) in [5, 5.41) is 3.50. The topological polar surface area (TPSA) is 28.2 Å². The summed E-state index contributed by atoms with van der Waals surface area (Å²) in [6.07, 6.45) is 6.21. The van der Waals surface area contributed by atoms with Crippen molar-refractivity contribution in [1.29, 1.82) is 0 Å². The number of nitrogens with one attached hydrogen (secondary N) is 1. The molecule has 0 atom stereocenters. The van der Waals surface area contributed by atoms with Crippen LogP contribution in [-0.2, 0) is 6.54 Å². The van der Waals surface area contributed by atoms with E-state index in [1.54, 1.807) is 0 Å². The van der Waals surface area contributed by atoms with E-state index in [1.807, 2.05) is 6.20 Å².